The third-order valence-electron chi connectivity index (χ3n) is 5.00. The van der Waals surface area contributed by atoms with Crippen LogP contribution in [0.25, 0.3) is 0 Å². The highest BCUT2D eigenvalue weighted by Crippen LogP contribution is 2.51. The van der Waals surface area contributed by atoms with Crippen molar-refractivity contribution in [1.29, 1.82) is 0 Å². The molecular weight excluding hydrogens is 236 g/mol. The molecule has 0 radical (unpaired) electrons. The molecule has 0 aliphatic heterocycles. The molecule has 2 aliphatic carbocycles. The largest absolute Gasteiger partial charge is 0.496 e. The van der Waals surface area contributed by atoms with Gasteiger partial charge in [-0.3, -0.25) is 4.79 Å². The van der Waals surface area contributed by atoms with Gasteiger partial charge >= 0.3 is 0 Å². The van der Waals surface area contributed by atoms with E-state index in [0.29, 0.717) is 11.8 Å². The summed E-state index contributed by atoms with van der Waals surface area (Å²) in [6.07, 6.45) is 8.08. The lowest BCUT2D eigenvalue weighted by Crippen LogP contribution is -2.16. The number of ketones is 1. The maximum absolute atomic E-state index is 12.1. The Labute approximate surface area is 115 Å². The highest BCUT2D eigenvalue weighted by atomic mass is 16.5. The average molecular weight is 258 g/mol. The summed E-state index contributed by atoms with van der Waals surface area (Å²) in [5.41, 5.74) is 3.97. The van der Waals surface area contributed by atoms with Crippen LogP contribution in [0.3, 0.4) is 0 Å². The molecule has 0 amide bonds. The Kier molecular flexibility index (Phi) is 3.12. The summed E-state index contributed by atoms with van der Waals surface area (Å²) in [7, 11) is 1.73. The molecule has 0 bridgehead atoms. The Morgan fingerprint density at radius 3 is 2.53 bits per heavy atom. The summed E-state index contributed by atoms with van der Waals surface area (Å²) in [6.45, 7) is 1.94. The quantitative estimate of drug-likeness (QED) is 0.767. The zero-order valence-electron chi connectivity index (χ0n) is 11.9. The van der Waals surface area contributed by atoms with E-state index in [4.69, 9.17) is 4.74 Å². The van der Waals surface area contributed by atoms with Crippen LogP contribution in [0.1, 0.15) is 60.5 Å². The van der Waals surface area contributed by atoms with Gasteiger partial charge in [0, 0.05) is 12.0 Å². The van der Waals surface area contributed by atoms with E-state index in [1.807, 2.05) is 19.1 Å². The molecular formula is C17H22O2. The molecule has 2 nitrogen and oxygen atoms in total. The van der Waals surface area contributed by atoms with Crippen LogP contribution in [0.2, 0.25) is 0 Å². The maximum Gasteiger partial charge on any atom is 0.162 e. The normalized spacial score (nSPS) is 19.7. The fourth-order valence-corrected chi connectivity index (χ4v) is 4.00. The van der Waals surface area contributed by atoms with E-state index in [-0.39, 0.29) is 5.78 Å². The molecule has 1 aromatic rings. The lowest BCUT2D eigenvalue weighted by Gasteiger charge is -2.21. The first-order valence-electron chi connectivity index (χ1n) is 7.41. The van der Waals surface area contributed by atoms with Crippen molar-refractivity contribution in [1.82, 2.24) is 0 Å². The molecule has 1 saturated carbocycles. The minimum Gasteiger partial charge on any atom is -0.496 e. The lowest BCUT2D eigenvalue weighted by molar-refractivity contribution is 0.0987. The van der Waals surface area contributed by atoms with Crippen LogP contribution in [0.4, 0.5) is 0 Å². The van der Waals surface area contributed by atoms with Gasteiger partial charge < -0.3 is 4.74 Å². The van der Waals surface area contributed by atoms with Crippen LogP contribution < -0.4 is 4.74 Å². The van der Waals surface area contributed by atoms with Gasteiger partial charge in [-0.15, -0.1) is 0 Å². The summed E-state index contributed by atoms with van der Waals surface area (Å²) in [5, 5.41) is 0. The monoisotopic (exact) mass is 258 g/mol. The second-order valence-corrected chi connectivity index (χ2v) is 6.11. The van der Waals surface area contributed by atoms with Gasteiger partial charge in [-0.25, -0.2) is 0 Å². The number of ether oxygens (including phenoxy) is 1. The fraction of sp³-hybridized carbons (Fsp3) is 0.588. The van der Waals surface area contributed by atoms with Crippen LogP contribution >= 0.6 is 0 Å². The average Bonchev–Trinajstić information content (AvgIpc) is 3.03. The van der Waals surface area contributed by atoms with E-state index >= 15 is 0 Å². The van der Waals surface area contributed by atoms with Crippen molar-refractivity contribution in [2.75, 3.05) is 7.11 Å². The molecule has 0 saturated heterocycles. The van der Waals surface area contributed by atoms with Crippen molar-refractivity contribution in [2.45, 2.75) is 51.9 Å². The molecule has 1 spiro atoms. The summed E-state index contributed by atoms with van der Waals surface area (Å²) in [4.78, 5) is 12.1. The SMILES string of the molecule is CCC(=O)c1ccc(OC)c2c1CC1(CCCC1)C2. The standard InChI is InChI=1S/C17H22O2/c1-3-15(18)12-6-7-16(19-2)14-11-17(10-13(12)14)8-4-5-9-17/h6-7H,3-5,8-11H2,1-2H3. The molecule has 0 aromatic heterocycles. The fourth-order valence-electron chi connectivity index (χ4n) is 4.00. The highest BCUT2D eigenvalue weighted by molar-refractivity contribution is 5.98. The van der Waals surface area contributed by atoms with Crippen molar-refractivity contribution in [3.05, 3.63) is 28.8 Å². The van der Waals surface area contributed by atoms with Crippen molar-refractivity contribution < 1.29 is 9.53 Å². The van der Waals surface area contributed by atoms with Gasteiger partial charge in [-0.2, -0.15) is 0 Å². The number of hydrogen-bond acceptors (Lipinski definition) is 2. The summed E-state index contributed by atoms with van der Waals surface area (Å²) < 4.78 is 5.52. The number of carbonyl (C=O) groups is 1. The Balaban J connectivity index is 2.06. The Bertz CT molecular complexity index is 510. The molecule has 0 atom stereocenters. The molecule has 19 heavy (non-hydrogen) atoms. The summed E-state index contributed by atoms with van der Waals surface area (Å²) >= 11 is 0. The molecule has 102 valence electrons. The second kappa shape index (κ2) is 4.66. The minimum atomic E-state index is 0.272. The number of Topliss-reactive ketones (excluding diaryl/α,β-unsaturated/α-hetero) is 1. The Hall–Kier alpha value is -1.31. The van der Waals surface area contributed by atoms with Gasteiger partial charge in [0.05, 0.1) is 7.11 Å². The van der Waals surface area contributed by atoms with Gasteiger partial charge in [0.1, 0.15) is 5.75 Å². The number of rotatable bonds is 3. The molecule has 3 rings (SSSR count). The number of methoxy groups -OCH3 is 1. The smallest absolute Gasteiger partial charge is 0.162 e. The van der Waals surface area contributed by atoms with E-state index in [9.17, 15) is 4.79 Å². The first-order valence-corrected chi connectivity index (χ1v) is 7.41. The zero-order valence-corrected chi connectivity index (χ0v) is 11.9. The third kappa shape index (κ3) is 1.98. The first-order chi connectivity index (χ1) is 9.19. The van der Waals surface area contributed by atoms with Crippen LogP contribution in [0.5, 0.6) is 5.75 Å². The summed E-state index contributed by atoms with van der Waals surface area (Å²) in [5.74, 6) is 1.25. The van der Waals surface area contributed by atoms with E-state index in [1.54, 1.807) is 7.11 Å². The number of carbonyl (C=O) groups excluding carboxylic acids is 1. The van der Waals surface area contributed by atoms with Gasteiger partial charge in [0.15, 0.2) is 5.78 Å². The number of fused-ring (bicyclic) bond motifs is 1. The minimum absolute atomic E-state index is 0.272. The predicted molar refractivity (Wildman–Crippen MR) is 75.9 cm³/mol. The second-order valence-electron chi connectivity index (χ2n) is 6.11. The molecule has 0 N–H and O–H groups in total. The summed E-state index contributed by atoms with van der Waals surface area (Å²) in [6, 6.07) is 3.95. The number of hydrogen-bond donors (Lipinski definition) is 0. The molecule has 0 unspecified atom stereocenters. The van der Waals surface area contributed by atoms with E-state index in [0.717, 1.165) is 24.2 Å². The van der Waals surface area contributed by atoms with Gasteiger partial charge in [-0.1, -0.05) is 19.8 Å². The van der Waals surface area contributed by atoms with Crippen LogP contribution in [0.15, 0.2) is 12.1 Å². The van der Waals surface area contributed by atoms with Gasteiger partial charge in [0.25, 0.3) is 0 Å². The van der Waals surface area contributed by atoms with Crippen molar-refractivity contribution in [3.63, 3.8) is 0 Å². The molecule has 1 fully saturated rings. The van der Waals surface area contributed by atoms with Crippen LogP contribution in [-0.4, -0.2) is 12.9 Å². The maximum atomic E-state index is 12.1. The van der Waals surface area contributed by atoms with Crippen molar-refractivity contribution in [2.24, 2.45) is 5.41 Å². The van der Waals surface area contributed by atoms with E-state index in [2.05, 4.69) is 0 Å². The molecule has 0 heterocycles. The topological polar surface area (TPSA) is 26.3 Å². The molecule has 2 aliphatic rings. The van der Waals surface area contributed by atoms with E-state index < -0.39 is 0 Å². The first kappa shape index (κ1) is 12.7. The van der Waals surface area contributed by atoms with Crippen LogP contribution in [-0.2, 0) is 12.8 Å². The molecule has 1 aromatic carbocycles. The van der Waals surface area contributed by atoms with E-state index in [1.165, 1.54) is 36.8 Å². The van der Waals surface area contributed by atoms with Crippen molar-refractivity contribution >= 4 is 5.78 Å². The van der Waals surface area contributed by atoms with Gasteiger partial charge in [0.2, 0.25) is 0 Å². The molecule has 2 heteroatoms. The van der Waals surface area contributed by atoms with Crippen LogP contribution in [0, 0.1) is 5.41 Å². The predicted octanol–water partition coefficient (Wildman–Crippen LogP) is 3.95. The Morgan fingerprint density at radius 1 is 1.21 bits per heavy atom. The highest BCUT2D eigenvalue weighted by Gasteiger charge is 2.42. The zero-order chi connectivity index (χ0) is 13.5. The Morgan fingerprint density at radius 2 is 1.89 bits per heavy atom. The third-order valence-corrected chi connectivity index (χ3v) is 5.00. The number of benzene rings is 1. The van der Waals surface area contributed by atoms with Crippen molar-refractivity contribution in [3.8, 4) is 5.75 Å². The lowest BCUT2D eigenvalue weighted by atomic mass is 9.83. The van der Waals surface area contributed by atoms with Gasteiger partial charge in [-0.05, 0) is 54.4 Å².